The van der Waals surface area contributed by atoms with E-state index in [1.807, 2.05) is 52.8 Å². The number of hydrogen-bond donors (Lipinski definition) is 5. The number of rotatable bonds is 15. The summed E-state index contributed by atoms with van der Waals surface area (Å²) in [5, 5.41) is 47.2. The Morgan fingerprint density at radius 2 is 1.61 bits per heavy atom. The molecule has 0 radical (unpaired) electrons. The zero-order chi connectivity index (χ0) is 44.7. The number of ketones is 1. The first-order valence-electron chi connectivity index (χ1n) is 23.5. The van der Waals surface area contributed by atoms with Crippen molar-refractivity contribution in [1.29, 1.82) is 0 Å². The largest absolute Gasteiger partial charge is 0.508 e. The van der Waals surface area contributed by atoms with Gasteiger partial charge in [-0.1, -0.05) is 79.7 Å². The monoisotopic (exact) mass is 856 g/mol. The average Bonchev–Trinajstić information content (AvgIpc) is 3.57. The van der Waals surface area contributed by atoms with E-state index in [1.54, 1.807) is 19.1 Å². The number of para-hydroxylation sites is 1. The molecule has 0 unspecified atom stereocenters. The fraction of sp³-hybridized carbons (Fsp3) is 0.796. The zero-order valence-corrected chi connectivity index (χ0v) is 38.5. The molecule has 5 N–H and O–H groups in total. The lowest BCUT2D eigenvalue weighted by Gasteiger charge is -2.55. The number of aliphatic hydroxyl groups is 2. The van der Waals surface area contributed by atoms with Gasteiger partial charge in [0.1, 0.15) is 11.5 Å². The molecule has 4 saturated heterocycles. The van der Waals surface area contributed by atoms with Gasteiger partial charge in [0.2, 0.25) is 0 Å². The van der Waals surface area contributed by atoms with Crippen LogP contribution in [-0.4, -0.2) is 97.6 Å². The van der Waals surface area contributed by atoms with Crippen molar-refractivity contribution in [2.24, 2.45) is 41.4 Å². The van der Waals surface area contributed by atoms with Crippen molar-refractivity contribution < 1.29 is 53.7 Å². The molecule has 0 saturated carbocycles. The van der Waals surface area contributed by atoms with Gasteiger partial charge in [-0.05, 0) is 95.6 Å². The summed E-state index contributed by atoms with van der Waals surface area (Å²) in [5.41, 5.74) is -0.874. The van der Waals surface area contributed by atoms with Gasteiger partial charge in [-0.2, -0.15) is 0 Å². The van der Waals surface area contributed by atoms with Gasteiger partial charge in [-0.15, -0.1) is 0 Å². The topological polar surface area (TPSA) is 173 Å². The average molecular weight is 856 g/mol. The third kappa shape index (κ3) is 9.40. The predicted molar refractivity (Wildman–Crippen MR) is 231 cm³/mol. The molecule has 0 bridgehead atoms. The maximum atomic E-state index is 14.7. The van der Waals surface area contributed by atoms with Crippen molar-refractivity contribution in [2.45, 2.75) is 205 Å². The molecule has 1 aromatic rings. The fourth-order valence-electron chi connectivity index (χ4n) is 11.6. The van der Waals surface area contributed by atoms with Gasteiger partial charge < -0.3 is 49.4 Å². The van der Waals surface area contributed by atoms with Crippen LogP contribution in [0, 0.1) is 41.4 Å². The second-order valence-corrected chi connectivity index (χ2v) is 20.0. The zero-order valence-electron chi connectivity index (χ0n) is 38.5. The van der Waals surface area contributed by atoms with E-state index in [1.165, 1.54) is 0 Å². The Kier molecular flexibility index (Phi) is 14.9. The Morgan fingerprint density at radius 1 is 0.902 bits per heavy atom. The number of ether oxygens (including phenoxy) is 5. The molecule has 12 heteroatoms. The molecule has 0 aliphatic carbocycles. The minimum absolute atomic E-state index is 0.00908. The Morgan fingerprint density at radius 3 is 2.25 bits per heavy atom. The number of benzene rings is 1. The molecule has 344 valence electrons. The van der Waals surface area contributed by atoms with Crippen molar-refractivity contribution in [3.63, 3.8) is 0 Å². The summed E-state index contributed by atoms with van der Waals surface area (Å²) in [5.74, 6) is -5.40. The first-order chi connectivity index (χ1) is 28.8. The van der Waals surface area contributed by atoms with Crippen molar-refractivity contribution >= 4 is 11.8 Å². The van der Waals surface area contributed by atoms with Gasteiger partial charge in [-0.3, -0.25) is 9.59 Å². The van der Waals surface area contributed by atoms with E-state index in [0.717, 1.165) is 18.4 Å². The Balaban J connectivity index is 1.24. The number of phenols is 1. The van der Waals surface area contributed by atoms with Crippen LogP contribution in [0.5, 0.6) is 5.75 Å². The first-order valence-corrected chi connectivity index (χ1v) is 23.5. The Labute approximate surface area is 364 Å². The van der Waals surface area contributed by atoms with Gasteiger partial charge in [0.15, 0.2) is 11.6 Å². The van der Waals surface area contributed by atoms with Crippen LogP contribution in [-0.2, 0) is 39.8 Å². The summed E-state index contributed by atoms with van der Waals surface area (Å²) < 4.78 is 34.8. The number of hydrogen-bond acceptors (Lipinski definition) is 11. The smallest absolute Gasteiger partial charge is 0.309 e. The van der Waals surface area contributed by atoms with Crippen LogP contribution in [0.2, 0.25) is 0 Å². The number of aliphatic hydroxyl groups excluding tert-OH is 1. The Bertz CT molecular complexity index is 1710. The third-order valence-electron chi connectivity index (χ3n) is 16.0. The normalized spacial score (nSPS) is 41.6. The van der Waals surface area contributed by atoms with Crippen molar-refractivity contribution in [2.75, 3.05) is 0 Å². The molecule has 6 rings (SSSR count). The highest BCUT2D eigenvalue weighted by Gasteiger charge is 2.63. The molecule has 5 aliphatic heterocycles. The molecular formula is C49H77NO11. The van der Waals surface area contributed by atoms with Crippen molar-refractivity contribution in [1.82, 2.24) is 5.32 Å². The van der Waals surface area contributed by atoms with Crippen molar-refractivity contribution in [3.8, 4) is 5.75 Å². The predicted octanol–water partition coefficient (Wildman–Crippen LogP) is 7.69. The van der Waals surface area contributed by atoms with Crippen LogP contribution >= 0.6 is 0 Å². The number of carboxylic acid groups (broad SMARTS) is 1. The molecular weight excluding hydrogens is 779 g/mol. The highest BCUT2D eigenvalue weighted by atomic mass is 16.8. The van der Waals surface area contributed by atoms with Crippen LogP contribution < -0.4 is 5.32 Å². The molecule has 4 fully saturated rings. The molecule has 0 aromatic heterocycles. The summed E-state index contributed by atoms with van der Waals surface area (Å²) in [6.07, 6.45) is 7.26. The van der Waals surface area contributed by atoms with Gasteiger partial charge in [-0.25, -0.2) is 0 Å². The van der Waals surface area contributed by atoms with Gasteiger partial charge in [0, 0.05) is 42.2 Å². The quantitative estimate of drug-likeness (QED) is 0.109. The maximum absolute atomic E-state index is 14.7. The summed E-state index contributed by atoms with van der Waals surface area (Å²) in [7, 11) is 0. The van der Waals surface area contributed by atoms with E-state index < -0.39 is 76.8 Å². The van der Waals surface area contributed by atoms with Crippen molar-refractivity contribution in [3.05, 3.63) is 42.0 Å². The van der Waals surface area contributed by atoms with E-state index in [9.17, 15) is 30.0 Å². The second-order valence-electron chi connectivity index (χ2n) is 20.0. The van der Waals surface area contributed by atoms with Gasteiger partial charge in [0.05, 0.1) is 59.8 Å². The van der Waals surface area contributed by atoms with E-state index >= 15 is 0 Å². The minimum atomic E-state index is -1.22. The van der Waals surface area contributed by atoms with Gasteiger partial charge in [0.25, 0.3) is 0 Å². The highest BCUT2D eigenvalue weighted by Crippen LogP contribution is 2.54. The number of Topliss-reactive ketones (excluding diaryl/α,β-unsaturated/α-hetero) is 1. The van der Waals surface area contributed by atoms with E-state index in [-0.39, 0.29) is 47.6 Å². The minimum Gasteiger partial charge on any atom is -0.508 e. The molecule has 5 heterocycles. The van der Waals surface area contributed by atoms with E-state index in [0.29, 0.717) is 57.9 Å². The SMILES string of the molecule is CC[C@@H](C(=O)[C@@H](C)[C@@H](O)[C@H](C)[C@@H]1O[C@@H]([C@@H](CC)C(=O)O)CC[C@@H]1C)[C@H]1O[C@]2(C=C[C@@H](NCc3ccccc3O)[C@]3(CC[C@@](C)([C@H]4CC[C@](O)(CC)[C@H](C)O4)O3)O2)[C@H](C)C[C@@H]1C. The van der Waals surface area contributed by atoms with Crippen LogP contribution in [0.1, 0.15) is 139 Å². The molecule has 5 aliphatic rings. The van der Waals surface area contributed by atoms with Gasteiger partial charge >= 0.3 is 5.97 Å². The standard InChI is InChI=1S/C49H77NO11/c1-11-35(45(54)55)38-19-18-28(4)43(58-38)32(8)41(52)31(7)42(53)36(12-2)44-29(5)26-30(6)48(59-44)23-20-39(50-27-34-16-14-15-17-37(34)51)49(61-48)25-24-46(10,60-49)40-21-22-47(56,13-3)33(9)57-40/h14-17,20,23,28-33,35-36,38-41,43-44,50-52,56H,11-13,18-19,21-22,24-27H2,1-10H3,(H,54,55)/t28-,29-,30+,31-,32-,33-,35+,36-,38+,39+,40+,41+,43+,44-,46-,47+,48-,49-/m0/s1. The molecule has 1 aromatic carbocycles. The summed E-state index contributed by atoms with van der Waals surface area (Å²) >= 11 is 0. The number of aromatic hydroxyl groups is 1. The summed E-state index contributed by atoms with van der Waals surface area (Å²) in [6.45, 7) is 20.2. The second kappa shape index (κ2) is 19.0. The number of phenolic OH excluding ortho intramolecular Hbond substituents is 1. The molecule has 0 amide bonds. The number of nitrogens with one attached hydrogen (secondary N) is 1. The molecule has 18 atom stereocenters. The molecule has 2 spiro atoms. The number of carboxylic acids is 1. The fourth-order valence-corrected chi connectivity index (χ4v) is 11.6. The van der Waals surface area contributed by atoms with Crippen LogP contribution in [0.3, 0.4) is 0 Å². The molecule has 12 nitrogen and oxygen atoms in total. The van der Waals surface area contributed by atoms with Crippen LogP contribution in [0.15, 0.2) is 36.4 Å². The summed E-state index contributed by atoms with van der Waals surface area (Å²) in [4.78, 5) is 26.7. The lowest BCUT2D eigenvalue weighted by molar-refractivity contribution is -0.398. The number of aliphatic carboxylic acids is 1. The highest BCUT2D eigenvalue weighted by molar-refractivity contribution is 5.84. The number of carbonyl (C=O) groups excluding carboxylic acids is 1. The van der Waals surface area contributed by atoms with Crippen LogP contribution in [0.4, 0.5) is 0 Å². The Hall–Kier alpha value is -2.42. The lowest BCUT2D eigenvalue weighted by atomic mass is 9.72. The summed E-state index contributed by atoms with van der Waals surface area (Å²) in [6, 6.07) is 6.83. The lowest BCUT2D eigenvalue weighted by Crippen LogP contribution is -2.65. The number of carbonyl (C=O) groups is 2. The van der Waals surface area contributed by atoms with Crippen LogP contribution in [0.25, 0.3) is 0 Å². The van der Waals surface area contributed by atoms with E-state index in [4.69, 9.17) is 23.7 Å². The third-order valence-corrected chi connectivity index (χ3v) is 16.0. The molecule has 61 heavy (non-hydrogen) atoms. The van der Waals surface area contributed by atoms with E-state index in [2.05, 4.69) is 39.1 Å². The maximum Gasteiger partial charge on any atom is 0.309 e. The first kappa shape index (κ1) is 48.0.